The SMILES string of the molecule is COC(=O)C(C)NCc1ccc(C)c(C)c1. The number of nitrogens with one attached hydrogen (secondary N) is 1. The van der Waals surface area contributed by atoms with E-state index in [1.54, 1.807) is 6.92 Å². The third-order valence-electron chi connectivity index (χ3n) is 2.74. The van der Waals surface area contributed by atoms with Gasteiger partial charge in [0, 0.05) is 6.54 Å². The minimum absolute atomic E-state index is 0.233. The molecule has 0 radical (unpaired) electrons. The maximum Gasteiger partial charge on any atom is 0.322 e. The van der Waals surface area contributed by atoms with Gasteiger partial charge in [0.1, 0.15) is 6.04 Å². The standard InChI is InChI=1S/C13H19NO2/c1-9-5-6-12(7-10(9)2)8-14-11(3)13(15)16-4/h5-7,11,14H,8H2,1-4H3. The largest absolute Gasteiger partial charge is 0.468 e. The smallest absolute Gasteiger partial charge is 0.322 e. The van der Waals surface area contributed by atoms with Crippen molar-refractivity contribution in [1.82, 2.24) is 5.32 Å². The van der Waals surface area contributed by atoms with Crippen molar-refractivity contribution >= 4 is 5.97 Å². The lowest BCUT2D eigenvalue weighted by molar-refractivity contribution is -0.142. The van der Waals surface area contributed by atoms with Crippen molar-refractivity contribution in [2.24, 2.45) is 0 Å². The lowest BCUT2D eigenvalue weighted by Gasteiger charge is -2.12. The quantitative estimate of drug-likeness (QED) is 0.790. The van der Waals surface area contributed by atoms with Crippen LogP contribution in [0, 0.1) is 13.8 Å². The first-order chi connectivity index (χ1) is 7.54. The Morgan fingerprint density at radius 3 is 2.62 bits per heavy atom. The number of hydrogen-bond donors (Lipinski definition) is 1. The first kappa shape index (κ1) is 12.7. The van der Waals surface area contributed by atoms with Crippen LogP contribution in [0.2, 0.25) is 0 Å². The van der Waals surface area contributed by atoms with Crippen LogP contribution in [0.3, 0.4) is 0 Å². The average Bonchev–Trinajstić information content (AvgIpc) is 2.29. The van der Waals surface area contributed by atoms with Crippen LogP contribution in [-0.4, -0.2) is 19.1 Å². The van der Waals surface area contributed by atoms with E-state index in [0.29, 0.717) is 6.54 Å². The number of aryl methyl sites for hydroxylation is 2. The van der Waals surface area contributed by atoms with Gasteiger partial charge in [0.15, 0.2) is 0 Å². The summed E-state index contributed by atoms with van der Waals surface area (Å²) in [5.74, 6) is -0.233. The van der Waals surface area contributed by atoms with Gasteiger partial charge in [0.25, 0.3) is 0 Å². The number of rotatable bonds is 4. The van der Waals surface area contributed by atoms with Crippen molar-refractivity contribution in [3.8, 4) is 0 Å². The van der Waals surface area contributed by atoms with Crippen molar-refractivity contribution in [3.05, 3.63) is 34.9 Å². The molecule has 1 atom stereocenters. The zero-order chi connectivity index (χ0) is 12.1. The molecular formula is C13H19NO2. The third kappa shape index (κ3) is 3.35. The second-order valence-corrected chi connectivity index (χ2v) is 4.04. The number of methoxy groups -OCH3 is 1. The number of hydrogen-bond acceptors (Lipinski definition) is 3. The van der Waals surface area contributed by atoms with Gasteiger partial charge in [-0.2, -0.15) is 0 Å². The molecule has 3 heteroatoms. The molecule has 88 valence electrons. The molecule has 1 unspecified atom stereocenters. The zero-order valence-corrected chi connectivity index (χ0v) is 10.3. The van der Waals surface area contributed by atoms with Gasteiger partial charge >= 0.3 is 5.97 Å². The number of carbonyl (C=O) groups is 1. The Balaban J connectivity index is 2.55. The number of benzene rings is 1. The highest BCUT2D eigenvalue weighted by molar-refractivity contribution is 5.75. The Morgan fingerprint density at radius 2 is 2.06 bits per heavy atom. The van der Waals surface area contributed by atoms with Gasteiger partial charge in [0.05, 0.1) is 7.11 Å². The first-order valence-corrected chi connectivity index (χ1v) is 5.42. The summed E-state index contributed by atoms with van der Waals surface area (Å²) < 4.78 is 4.64. The Bertz CT molecular complexity index is 374. The topological polar surface area (TPSA) is 38.3 Å². The summed E-state index contributed by atoms with van der Waals surface area (Å²) in [5.41, 5.74) is 3.73. The van der Waals surface area contributed by atoms with Gasteiger partial charge in [-0.05, 0) is 37.5 Å². The molecule has 1 aromatic carbocycles. The predicted molar refractivity (Wildman–Crippen MR) is 64.2 cm³/mol. The van der Waals surface area contributed by atoms with E-state index in [9.17, 15) is 4.79 Å². The van der Waals surface area contributed by atoms with Crippen molar-refractivity contribution in [2.75, 3.05) is 7.11 Å². The molecule has 3 nitrogen and oxygen atoms in total. The van der Waals surface area contributed by atoms with Crippen molar-refractivity contribution in [3.63, 3.8) is 0 Å². The summed E-state index contributed by atoms with van der Waals surface area (Å²) in [7, 11) is 1.40. The van der Waals surface area contributed by atoms with Gasteiger partial charge in [-0.25, -0.2) is 0 Å². The monoisotopic (exact) mass is 221 g/mol. The van der Waals surface area contributed by atoms with Crippen LogP contribution < -0.4 is 5.32 Å². The van der Waals surface area contributed by atoms with E-state index in [-0.39, 0.29) is 12.0 Å². The molecule has 0 aliphatic carbocycles. The fourth-order valence-corrected chi connectivity index (χ4v) is 1.44. The normalized spacial score (nSPS) is 12.2. The van der Waals surface area contributed by atoms with Crippen LogP contribution in [0.4, 0.5) is 0 Å². The average molecular weight is 221 g/mol. The highest BCUT2D eigenvalue weighted by Gasteiger charge is 2.11. The molecule has 1 N–H and O–H groups in total. The van der Waals surface area contributed by atoms with E-state index < -0.39 is 0 Å². The lowest BCUT2D eigenvalue weighted by atomic mass is 10.1. The number of esters is 1. The molecule has 0 spiro atoms. The van der Waals surface area contributed by atoms with E-state index in [1.165, 1.54) is 23.8 Å². The molecular weight excluding hydrogens is 202 g/mol. The molecule has 0 aliphatic heterocycles. The highest BCUT2D eigenvalue weighted by Crippen LogP contribution is 2.09. The highest BCUT2D eigenvalue weighted by atomic mass is 16.5. The molecule has 0 bridgehead atoms. The van der Waals surface area contributed by atoms with Crippen LogP contribution >= 0.6 is 0 Å². The molecule has 1 rings (SSSR count). The lowest BCUT2D eigenvalue weighted by Crippen LogP contribution is -2.34. The Kier molecular flexibility index (Phi) is 4.50. The van der Waals surface area contributed by atoms with Gasteiger partial charge in [0.2, 0.25) is 0 Å². The Labute approximate surface area is 96.8 Å². The van der Waals surface area contributed by atoms with Crippen LogP contribution in [0.5, 0.6) is 0 Å². The Hall–Kier alpha value is -1.35. The van der Waals surface area contributed by atoms with E-state index in [1.807, 2.05) is 0 Å². The summed E-state index contributed by atoms with van der Waals surface area (Å²) in [6.07, 6.45) is 0. The summed E-state index contributed by atoms with van der Waals surface area (Å²) >= 11 is 0. The molecule has 0 heterocycles. The Morgan fingerprint density at radius 1 is 1.38 bits per heavy atom. The van der Waals surface area contributed by atoms with Gasteiger partial charge in [-0.15, -0.1) is 0 Å². The van der Waals surface area contributed by atoms with Gasteiger partial charge < -0.3 is 10.1 Å². The van der Waals surface area contributed by atoms with E-state index in [0.717, 1.165) is 0 Å². The van der Waals surface area contributed by atoms with E-state index in [4.69, 9.17) is 0 Å². The fourth-order valence-electron chi connectivity index (χ4n) is 1.44. The zero-order valence-electron chi connectivity index (χ0n) is 10.3. The molecule has 0 amide bonds. The minimum atomic E-state index is -0.272. The van der Waals surface area contributed by atoms with Crippen LogP contribution in [0.1, 0.15) is 23.6 Å². The number of carbonyl (C=O) groups excluding carboxylic acids is 1. The van der Waals surface area contributed by atoms with Crippen LogP contribution in [-0.2, 0) is 16.1 Å². The van der Waals surface area contributed by atoms with Crippen molar-refractivity contribution in [1.29, 1.82) is 0 Å². The van der Waals surface area contributed by atoms with Crippen LogP contribution in [0.25, 0.3) is 0 Å². The molecule has 0 aromatic heterocycles. The maximum absolute atomic E-state index is 11.2. The van der Waals surface area contributed by atoms with Crippen molar-refractivity contribution < 1.29 is 9.53 Å². The number of ether oxygens (including phenoxy) is 1. The minimum Gasteiger partial charge on any atom is -0.468 e. The predicted octanol–water partition coefficient (Wildman–Crippen LogP) is 1.95. The third-order valence-corrected chi connectivity index (χ3v) is 2.74. The van der Waals surface area contributed by atoms with Crippen LogP contribution in [0.15, 0.2) is 18.2 Å². The molecule has 0 aliphatic rings. The molecule has 0 fully saturated rings. The summed E-state index contributed by atoms with van der Waals surface area (Å²) in [5, 5.41) is 3.12. The molecule has 1 aromatic rings. The van der Waals surface area contributed by atoms with E-state index in [2.05, 4.69) is 42.1 Å². The molecule has 0 saturated heterocycles. The van der Waals surface area contributed by atoms with Gasteiger partial charge in [-0.3, -0.25) is 4.79 Å². The fraction of sp³-hybridized carbons (Fsp3) is 0.462. The second-order valence-electron chi connectivity index (χ2n) is 4.04. The summed E-state index contributed by atoms with van der Waals surface area (Å²) in [6.45, 7) is 6.65. The summed E-state index contributed by atoms with van der Waals surface area (Å²) in [6, 6.07) is 6.02. The first-order valence-electron chi connectivity index (χ1n) is 5.42. The maximum atomic E-state index is 11.2. The second kappa shape index (κ2) is 5.66. The molecule has 0 saturated carbocycles. The summed E-state index contributed by atoms with van der Waals surface area (Å²) in [4.78, 5) is 11.2. The van der Waals surface area contributed by atoms with Gasteiger partial charge in [-0.1, -0.05) is 18.2 Å². The molecule has 16 heavy (non-hydrogen) atoms. The van der Waals surface area contributed by atoms with Crippen molar-refractivity contribution in [2.45, 2.75) is 33.4 Å². The van der Waals surface area contributed by atoms with E-state index >= 15 is 0 Å².